The number of halogens is 1. The van der Waals surface area contributed by atoms with Gasteiger partial charge in [0.25, 0.3) is 0 Å². The summed E-state index contributed by atoms with van der Waals surface area (Å²) in [5.41, 5.74) is 0.842. The van der Waals surface area contributed by atoms with E-state index < -0.39 is 0 Å². The predicted molar refractivity (Wildman–Crippen MR) is 82.1 cm³/mol. The maximum Gasteiger partial charge on any atom is 0.127 e. The van der Waals surface area contributed by atoms with Gasteiger partial charge in [-0.05, 0) is 55.7 Å². The minimum absolute atomic E-state index is 0.0683. The van der Waals surface area contributed by atoms with Gasteiger partial charge in [-0.15, -0.1) is 0 Å². The monoisotopic (exact) mass is 281 g/mol. The molecule has 2 rings (SSSR count). The van der Waals surface area contributed by atoms with Crippen LogP contribution in [0.5, 0.6) is 0 Å². The first-order valence-corrected chi connectivity index (χ1v) is 8.52. The molecule has 106 valence electrons. The topological polar surface area (TPSA) is 12.0 Å². The van der Waals surface area contributed by atoms with Gasteiger partial charge in [0.1, 0.15) is 5.82 Å². The summed E-state index contributed by atoms with van der Waals surface area (Å²) < 4.78 is 14.0. The average molecular weight is 281 g/mol. The molecular formula is C16H24FNS. The fraction of sp³-hybridized carbons (Fsp3) is 0.625. The van der Waals surface area contributed by atoms with Crippen LogP contribution in [0.2, 0.25) is 0 Å². The Kier molecular flexibility index (Phi) is 6.18. The highest BCUT2D eigenvalue weighted by atomic mass is 32.2. The summed E-state index contributed by atoms with van der Waals surface area (Å²) in [7, 11) is 0. The SMILES string of the molecule is CCCNC(CC1CCSCC1)c1ccccc1F. The van der Waals surface area contributed by atoms with Gasteiger partial charge in [0, 0.05) is 11.6 Å². The lowest BCUT2D eigenvalue weighted by atomic mass is 9.90. The summed E-state index contributed by atoms with van der Waals surface area (Å²) in [4.78, 5) is 0. The zero-order valence-corrected chi connectivity index (χ0v) is 12.5. The van der Waals surface area contributed by atoms with Crippen molar-refractivity contribution in [3.8, 4) is 0 Å². The second-order valence-electron chi connectivity index (χ2n) is 5.32. The van der Waals surface area contributed by atoms with Gasteiger partial charge in [-0.3, -0.25) is 0 Å². The minimum Gasteiger partial charge on any atom is -0.310 e. The van der Waals surface area contributed by atoms with E-state index in [2.05, 4.69) is 12.2 Å². The lowest BCUT2D eigenvalue weighted by molar-refractivity contribution is 0.363. The van der Waals surface area contributed by atoms with Crippen molar-refractivity contribution >= 4 is 11.8 Å². The molecule has 1 heterocycles. The van der Waals surface area contributed by atoms with Gasteiger partial charge < -0.3 is 5.32 Å². The van der Waals surface area contributed by atoms with E-state index in [1.807, 2.05) is 23.9 Å². The predicted octanol–water partition coefficient (Wildman–Crippen LogP) is 4.40. The van der Waals surface area contributed by atoms with Crippen molar-refractivity contribution in [2.24, 2.45) is 5.92 Å². The van der Waals surface area contributed by atoms with Crippen LogP contribution >= 0.6 is 11.8 Å². The van der Waals surface area contributed by atoms with E-state index in [9.17, 15) is 4.39 Å². The fourth-order valence-corrected chi connectivity index (χ4v) is 3.92. The van der Waals surface area contributed by atoms with Crippen LogP contribution in [0.1, 0.15) is 44.2 Å². The zero-order chi connectivity index (χ0) is 13.5. The van der Waals surface area contributed by atoms with Gasteiger partial charge in [-0.2, -0.15) is 11.8 Å². The molecule has 1 aromatic carbocycles. The summed E-state index contributed by atoms with van der Waals surface area (Å²) in [5.74, 6) is 3.21. The fourth-order valence-electron chi connectivity index (χ4n) is 2.71. The second kappa shape index (κ2) is 7.91. The molecule has 1 N–H and O–H groups in total. The van der Waals surface area contributed by atoms with Crippen LogP contribution in [-0.4, -0.2) is 18.1 Å². The second-order valence-corrected chi connectivity index (χ2v) is 6.54. The Bertz CT molecular complexity index is 377. The molecular weight excluding hydrogens is 257 g/mol. The molecule has 0 aromatic heterocycles. The zero-order valence-electron chi connectivity index (χ0n) is 11.7. The summed E-state index contributed by atoms with van der Waals surface area (Å²) >= 11 is 2.05. The van der Waals surface area contributed by atoms with E-state index in [0.717, 1.165) is 30.9 Å². The van der Waals surface area contributed by atoms with E-state index in [0.29, 0.717) is 0 Å². The number of hydrogen-bond donors (Lipinski definition) is 1. The van der Waals surface area contributed by atoms with Crippen LogP contribution in [0.3, 0.4) is 0 Å². The summed E-state index contributed by atoms with van der Waals surface area (Å²) in [6, 6.07) is 7.39. The number of benzene rings is 1. The molecule has 1 aromatic rings. The minimum atomic E-state index is -0.0683. The standard InChI is InChI=1S/C16H24FNS/c1-2-9-18-16(12-13-7-10-19-11-8-13)14-5-3-4-6-15(14)17/h3-6,13,16,18H,2,7-12H2,1H3. The molecule has 1 aliphatic heterocycles. The first-order chi connectivity index (χ1) is 9.31. The Labute approximate surface area is 120 Å². The molecule has 1 atom stereocenters. The van der Waals surface area contributed by atoms with Gasteiger partial charge >= 0.3 is 0 Å². The van der Waals surface area contributed by atoms with Crippen LogP contribution < -0.4 is 5.32 Å². The van der Waals surface area contributed by atoms with Crippen molar-refractivity contribution in [1.29, 1.82) is 0 Å². The summed E-state index contributed by atoms with van der Waals surface area (Å²) in [5, 5.41) is 3.53. The molecule has 0 radical (unpaired) electrons. The third-order valence-corrected chi connectivity index (χ3v) is 4.88. The molecule has 1 unspecified atom stereocenters. The highest BCUT2D eigenvalue weighted by molar-refractivity contribution is 7.99. The average Bonchev–Trinajstić information content (AvgIpc) is 2.45. The lowest BCUT2D eigenvalue weighted by Crippen LogP contribution is -2.26. The van der Waals surface area contributed by atoms with Crippen molar-refractivity contribution in [3.05, 3.63) is 35.6 Å². The van der Waals surface area contributed by atoms with Gasteiger partial charge in [0.2, 0.25) is 0 Å². The highest BCUT2D eigenvalue weighted by Gasteiger charge is 2.21. The van der Waals surface area contributed by atoms with Crippen LogP contribution in [0.25, 0.3) is 0 Å². The van der Waals surface area contributed by atoms with Crippen LogP contribution in [-0.2, 0) is 0 Å². The third kappa shape index (κ3) is 4.50. The van der Waals surface area contributed by atoms with Crippen LogP contribution in [0.15, 0.2) is 24.3 Å². The Balaban J connectivity index is 2.04. The van der Waals surface area contributed by atoms with Gasteiger partial charge in [-0.1, -0.05) is 25.1 Å². The van der Waals surface area contributed by atoms with Crippen molar-refractivity contribution in [1.82, 2.24) is 5.32 Å². The van der Waals surface area contributed by atoms with Crippen LogP contribution in [0.4, 0.5) is 4.39 Å². The van der Waals surface area contributed by atoms with E-state index in [4.69, 9.17) is 0 Å². The highest BCUT2D eigenvalue weighted by Crippen LogP contribution is 2.31. The first-order valence-electron chi connectivity index (χ1n) is 7.36. The molecule has 1 saturated heterocycles. The van der Waals surface area contributed by atoms with Gasteiger partial charge in [0.05, 0.1) is 0 Å². The lowest BCUT2D eigenvalue weighted by Gasteiger charge is -2.27. The molecule has 1 nitrogen and oxygen atoms in total. The van der Waals surface area contributed by atoms with E-state index in [1.54, 1.807) is 12.1 Å². The normalized spacial score (nSPS) is 18.4. The number of hydrogen-bond acceptors (Lipinski definition) is 2. The molecule has 0 saturated carbocycles. The largest absolute Gasteiger partial charge is 0.310 e. The molecule has 0 amide bonds. The Morgan fingerprint density at radius 1 is 1.32 bits per heavy atom. The Morgan fingerprint density at radius 3 is 2.74 bits per heavy atom. The molecule has 3 heteroatoms. The van der Waals surface area contributed by atoms with Crippen LogP contribution in [0, 0.1) is 11.7 Å². The van der Waals surface area contributed by atoms with Gasteiger partial charge in [0.15, 0.2) is 0 Å². The maximum atomic E-state index is 14.0. The Hall–Kier alpha value is -0.540. The number of rotatable bonds is 6. The summed E-state index contributed by atoms with van der Waals surface area (Å²) in [6.45, 7) is 3.11. The van der Waals surface area contributed by atoms with E-state index >= 15 is 0 Å². The smallest absolute Gasteiger partial charge is 0.127 e. The maximum absolute atomic E-state index is 14.0. The van der Waals surface area contributed by atoms with Crippen molar-refractivity contribution in [3.63, 3.8) is 0 Å². The first kappa shape index (κ1) is 14.9. The molecule has 1 fully saturated rings. The molecule has 19 heavy (non-hydrogen) atoms. The molecule has 0 aliphatic carbocycles. The van der Waals surface area contributed by atoms with Gasteiger partial charge in [-0.25, -0.2) is 4.39 Å². The Morgan fingerprint density at radius 2 is 2.05 bits per heavy atom. The van der Waals surface area contributed by atoms with Crippen molar-refractivity contribution < 1.29 is 4.39 Å². The third-order valence-electron chi connectivity index (χ3n) is 3.83. The van der Waals surface area contributed by atoms with Crippen molar-refractivity contribution in [2.75, 3.05) is 18.1 Å². The number of nitrogens with one attached hydrogen (secondary N) is 1. The molecule has 1 aliphatic rings. The van der Waals surface area contributed by atoms with E-state index in [1.165, 1.54) is 24.3 Å². The molecule has 0 spiro atoms. The van der Waals surface area contributed by atoms with E-state index in [-0.39, 0.29) is 11.9 Å². The quantitative estimate of drug-likeness (QED) is 0.829. The molecule has 0 bridgehead atoms. The summed E-state index contributed by atoms with van der Waals surface area (Å²) in [6.07, 6.45) is 4.72. The van der Waals surface area contributed by atoms with Crippen molar-refractivity contribution in [2.45, 2.75) is 38.6 Å². The number of thioether (sulfide) groups is 1.